The number of hydrogen-bond acceptors (Lipinski definition) is 6. The Morgan fingerprint density at radius 3 is 2.61 bits per heavy atom. The Morgan fingerprint density at radius 1 is 1.36 bits per heavy atom. The second-order valence-electron chi connectivity index (χ2n) is 7.10. The first-order valence-electron chi connectivity index (χ1n) is 9.15. The first kappa shape index (κ1) is 22.6. The van der Waals surface area contributed by atoms with Crippen molar-refractivity contribution >= 4 is 30.0 Å². The molecule has 154 valence electrons. The number of nitrogens with zero attached hydrogens (tertiary/aromatic N) is 4. The molecular weight excluding hydrogens is 403 g/mol. The van der Waals surface area contributed by atoms with Crippen LogP contribution in [0.3, 0.4) is 0 Å². The molecule has 1 unspecified atom stereocenters. The molecule has 0 radical (unpaired) electrons. The van der Waals surface area contributed by atoms with Crippen LogP contribution >= 0.6 is 24.0 Å². The smallest absolute Gasteiger partial charge is 0.317 e. The molecule has 0 spiro atoms. The monoisotopic (exact) mass is 428 g/mol. The molecule has 2 aromatic rings. The van der Waals surface area contributed by atoms with Crippen molar-refractivity contribution in [3.63, 3.8) is 0 Å². The van der Waals surface area contributed by atoms with Crippen molar-refractivity contribution in [3.05, 3.63) is 46.6 Å². The van der Waals surface area contributed by atoms with Gasteiger partial charge in [0.1, 0.15) is 0 Å². The van der Waals surface area contributed by atoms with E-state index >= 15 is 0 Å². The van der Waals surface area contributed by atoms with Gasteiger partial charge in [-0.1, -0.05) is 28.9 Å². The number of halogens is 2. The van der Waals surface area contributed by atoms with Gasteiger partial charge in [0.2, 0.25) is 5.89 Å². The van der Waals surface area contributed by atoms with E-state index in [1.54, 1.807) is 0 Å². The van der Waals surface area contributed by atoms with E-state index in [0.717, 1.165) is 31.5 Å². The van der Waals surface area contributed by atoms with Gasteiger partial charge in [-0.15, -0.1) is 12.4 Å². The zero-order chi connectivity index (χ0) is 19.4. The molecule has 1 fully saturated rings. The van der Waals surface area contributed by atoms with E-state index in [9.17, 15) is 4.79 Å². The largest absolute Gasteiger partial charge is 0.480 e. The van der Waals surface area contributed by atoms with Crippen molar-refractivity contribution in [2.24, 2.45) is 0 Å². The molecule has 3 rings (SSSR count). The summed E-state index contributed by atoms with van der Waals surface area (Å²) in [6.07, 6.45) is 2.47. The van der Waals surface area contributed by atoms with Gasteiger partial charge >= 0.3 is 5.97 Å². The number of rotatable bonds is 7. The van der Waals surface area contributed by atoms with Crippen LogP contribution in [0.1, 0.15) is 43.1 Å². The normalized spacial score (nSPS) is 16.7. The topological polar surface area (TPSA) is 82.7 Å². The van der Waals surface area contributed by atoms with E-state index in [1.807, 2.05) is 36.2 Å². The third-order valence-electron chi connectivity index (χ3n) is 5.17. The second-order valence-corrected chi connectivity index (χ2v) is 7.54. The minimum atomic E-state index is -0.785. The molecule has 2 heterocycles. The third-order valence-corrected chi connectivity index (χ3v) is 5.42. The lowest BCUT2D eigenvalue weighted by atomic mass is 10.0. The predicted octanol–water partition coefficient (Wildman–Crippen LogP) is 3.28. The first-order chi connectivity index (χ1) is 12.9. The minimum Gasteiger partial charge on any atom is -0.480 e. The molecule has 0 bridgehead atoms. The predicted molar refractivity (Wildman–Crippen MR) is 109 cm³/mol. The molecule has 0 saturated carbocycles. The lowest BCUT2D eigenvalue weighted by Crippen LogP contribution is -2.45. The van der Waals surface area contributed by atoms with E-state index in [0.29, 0.717) is 29.2 Å². The summed E-state index contributed by atoms with van der Waals surface area (Å²) < 4.78 is 5.49. The number of aromatic nitrogens is 2. The van der Waals surface area contributed by atoms with Crippen LogP contribution in [0.25, 0.3) is 0 Å². The Hall–Kier alpha value is -1.67. The van der Waals surface area contributed by atoms with Crippen molar-refractivity contribution in [1.29, 1.82) is 0 Å². The second kappa shape index (κ2) is 10.2. The lowest BCUT2D eigenvalue weighted by molar-refractivity contribution is -0.138. The maximum atomic E-state index is 10.9. The summed E-state index contributed by atoms with van der Waals surface area (Å²) in [6, 6.07) is 7.97. The van der Waals surface area contributed by atoms with Gasteiger partial charge < -0.3 is 9.63 Å². The van der Waals surface area contributed by atoms with Crippen LogP contribution in [0.5, 0.6) is 0 Å². The number of likely N-dealkylation sites (tertiary alicyclic amines) is 1. The summed E-state index contributed by atoms with van der Waals surface area (Å²) in [4.78, 5) is 19.7. The van der Waals surface area contributed by atoms with Crippen molar-refractivity contribution in [1.82, 2.24) is 19.9 Å². The molecular formula is C19H26Cl2N4O3. The van der Waals surface area contributed by atoms with Gasteiger partial charge in [-0.3, -0.25) is 14.6 Å². The van der Waals surface area contributed by atoms with Crippen molar-refractivity contribution in [3.8, 4) is 0 Å². The van der Waals surface area contributed by atoms with Crippen LogP contribution in [-0.2, 0) is 11.2 Å². The van der Waals surface area contributed by atoms with Crippen LogP contribution < -0.4 is 0 Å². The van der Waals surface area contributed by atoms with Crippen LogP contribution in [0, 0.1) is 0 Å². The number of carbonyl (C=O) groups is 1. The first-order valence-corrected chi connectivity index (χ1v) is 9.53. The number of carboxylic acid groups (broad SMARTS) is 1. The highest BCUT2D eigenvalue weighted by Crippen LogP contribution is 2.25. The summed E-state index contributed by atoms with van der Waals surface area (Å²) in [5, 5.41) is 13.8. The highest BCUT2D eigenvalue weighted by molar-refractivity contribution is 6.30. The standard InChI is InChI=1S/C19H25ClN4O3.ClH/c1-13(24-9-7-16(8-10-24)23(2)12-18(25)26)19-21-17(22-27-19)11-14-3-5-15(20)6-4-14;/h3-6,13,16H,7-12H2,1-2H3,(H,25,26);1H. The van der Waals surface area contributed by atoms with E-state index in [2.05, 4.69) is 22.0 Å². The molecule has 1 aromatic carbocycles. The van der Waals surface area contributed by atoms with Crippen LogP contribution in [-0.4, -0.2) is 63.7 Å². The fourth-order valence-corrected chi connectivity index (χ4v) is 3.63. The van der Waals surface area contributed by atoms with E-state index in [4.69, 9.17) is 21.2 Å². The van der Waals surface area contributed by atoms with Gasteiger partial charge in [0.05, 0.1) is 12.6 Å². The maximum absolute atomic E-state index is 10.9. The van der Waals surface area contributed by atoms with Crippen LogP contribution in [0.15, 0.2) is 28.8 Å². The lowest BCUT2D eigenvalue weighted by Gasteiger charge is -2.37. The van der Waals surface area contributed by atoms with Crippen molar-refractivity contribution in [2.75, 3.05) is 26.7 Å². The SMILES string of the molecule is CC(c1nc(Cc2ccc(Cl)cc2)no1)N1CCC(N(C)CC(=O)O)CC1.Cl. The Bertz CT molecular complexity index is 761. The molecule has 28 heavy (non-hydrogen) atoms. The van der Waals surface area contributed by atoms with Crippen molar-refractivity contribution in [2.45, 2.75) is 38.3 Å². The number of carboxylic acids is 1. The number of aliphatic carboxylic acids is 1. The van der Waals surface area contributed by atoms with Gasteiger partial charge in [0, 0.05) is 30.6 Å². The summed E-state index contributed by atoms with van der Waals surface area (Å²) in [7, 11) is 1.87. The zero-order valence-corrected chi connectivity index (χ0v) is 17.6. The molecule has 9 heteroatoms. The molecule has 1 N–H and O–H groups in total. The van der Waals surface area contributed by atoms with Gasteiger partial charge in [0.15, 0.2) is 5.82 Å². The molecule has 7 nitrogen and oxygen atoms in total. The zero-order valence-electron chi connectivity index (χ0n) is 16.0. The number of likely N-dealkylation sites (N-methyl/N-ethyl adjacent to an activating group) is 1. The van der Waals surface area contributed by atoms with Crippen LogP contribution in [0.4, 0.5) is 0 Å². The van der Waals surface area contributed by atoms with E-state index in [-0.39, 0.29) is 25.0 Å². The fraction of sp³-hybridized carbons (Fsp3) is 0.526. The van der Waals surface area contributed by atoms with Gasteiger partial charge in [-0.2, -0.15) is 4.98 Å². The minimum absolute atomic E-state index is 0. The molecule has 0 aliphatic carbocycles. The molecule has 1 aliphatic heterocycles. The van der Waals surface area contributed by atoms with E-state index in [1.165, 1.54) is 0 Å². The molecule has 1 aromatic heterocycles. The van der Waals surface area contributed by atoms with Gasteiger partial charge in [-0.05, 0) is 44.5 Å². The number of hydrogen-bond donors (Lipinski definition) is 1. The highest BCUT2D eigenvalue weighted by Gasteiger charge is 2.28. The summed E-state index contributed by atoms with van der Waals surface area (Å²) in [6.45, 7) is 3.91. The summed E-state index contributed by atoms with van der Waals surface area (Å²) in [5.41, 5.74) is 1.08. The Kier molecular flexibility index (Phi) is 8.24. The number of piperidine rings is 1. The average molecular weight is 429 g/mol. The summed E-state index contributed by atoms with van der Waals surface area (Å²) in [5.74, 6) is 0.499. The average Bonchev–Trinajstić information content (AvgIpc) is 3.11. The fourth-order valence-electron chi connectivity index (χ4n) is 3.51. The van der Waals surface area contributed by atoms with Crippen molar-refractivity contribution < 1.29 is 14.4 Å². The molecule has 1 saturated heterocycles. The Labute approximate surface area is 176 Å². The van der Waals surface area contributed by atoms with Gasteiger partial charge in [0.25, 0.3) is 0 Å². The summed E-state index contributed by atoms with van der Waals surface area (Å²) >= 11 is 5.91. The van der Waals surface area contributed by atoms with Crippen LogP contribution in [0.2, 0.25) is 5.02 Å². The molecule has 1 aliphatic rings. The number of benzene rings is 1. The Morgan fingerprint density at radius 2 is 2.00 bits per heavy atom. The third kappa shape index (κ3) is 5.91. The van der Waals surface area contributed by atoms with E-state index < -0.39 is 5.97 Å². The maximum Gasteiger partial charge on any atom is 0.317 e. The quantitative estimate of drug-likeness (QED) is 0.723. The Balaban J connectivity index is 0.00000280. The van der Waals surface area contributed by atoms with Gasteiger partial charge in [-0.25, -0.2) is 0 Å². The molecule has 0 amide bonds. The molecule has 1 atom stereocenters. The highest BCUT2D eigenvalue weighted by atomic mass is 35.5.